The molecule has 0 spiro atoms. The number of tetrazole rings is 1. The van der Waals surface area contributed by atoms with Crippen molar-refractivity contribution < 1.29 is 0 Å². The van der Waals surface area contributed by atoms with Gasteiger partial charge in [0, 0.05) is 0 Å². The molecule has 1 aliphatic carbocycles. The Kier molecular flexibility index (Phi) is 3.81. The lowest BCUT2D eigenvalue weighted by Crippen LogP contribution is -2.08. The number of halogens is 2. The highest BCUT2D eigenvalue weighted by Crippen LogP contribution is 2.34. The second kappa shape index (κ2) is 5.56. The lowest BCUT2D eigenvalue weighted by atomic mass is 10.3. The Bertz CT molecular complexity index is 584. The van der Waals surface area contributed by atoms with Crippen LogP contribution in [0.4, 0.5) is 0 Å². The van der Waals surface area contributed by atoms with Gasteiger partial charge in [-0.1, -0.05) is 24.4 Å². The minimum atomic E-state index is 0.0480. The first-order chi connectivity index (χ1) is 9.24. The van der Waals surface area contributed by atoms with Crippen molar-refractivity contribution in [3.8, 4) is 0 Å². The number of rotatable bonds is 3. The summed E-state index contributed by atoms with van der Waals surface area (Å²) in [5.41, 5.74) is 0. The van der Waals surface area contributed by atoms with Gasteiger partial charge in [-0.15, -0.1) is 15.3 Å². The van der Waals surface area contributed by atoms with E-state index in [0.29, 0.717) is 16.2 Å². The summed E-state index contributed by atoms with van der Waals surface area (Å²) in [4.78, 5) is 4.03. The van der Waals surface area contributed by atoms with Crippen molar-refractivity contribution in [3.63, 3.8) is 0 Å². The van der Waals surface area contributed by atoms with E-state index in [1.807, 2.05) is 4.68 Å². The minimum Gasteiger partial charge on any atom is -0.217 e. The molecule has 3 rings (SSSR count). The van der Waals surface area contributed by atoms with Gasteiger partial charge in [0.15, 0.2) is 5.15 Å². The van der Waals surface area contributed by atoms with Crippen molar-refractivity contribution in [2.75, 3.05) is 0 Å². The third kappa shape index (κ3) is 2.80. The predicted octanol–water partition coefficient (Wildman–Crippen LogP) is 2.43. The highest BCUT2D eigenvalue weighted by Gasteiger charge is 2.23. The van der Waals surface area contributed by atoms with E-state index in [2.05, 4.69) is 30.7 Å². The van der Waals surface area contributed by atoms with Crippen molar-refractivity contribution in [1.82, 2.24) is 35.4 Å². The molecular weight excluding hydrogens is 309 g/mol. The van der Waals surface area contributed by atoms with Gasteiger partial charge in [0.1, 0.15) is 5.03 Å². The number of aromatic nitrogens is 7. The molecule has 2 heterocycles. The van der Waals surface area contributed by atoms with Gasteiger partial charge in [-0.2, -0.15) is 0 Å². The number of nitrogens with zero attached hydrogens (tertiary/aromatic N) is 7. The van der Waals surface area contributed by atoms with Gasteiger partial charge in [-0.3, -0.25) is 0 Å². The fourth-order valence-electron chi connectivity index (χ4n) is 2.06. The maximum Gasteiger partial charge on any atom is 0.244 e. The molecule has 2 aromatic heterocycles. The van der Waals surface area contributed by atoms with Crippen LogP contribution in [-0.4, -0.2) is 35.4 Å². The summed E-state index contributed by atoms with van der Waals surface area (Å²) in [6.45, 7) is 0. The molecule has 1 aliphatic rings. The molecule has 0 saturated heterocycles. The Balaban J connectivity index is 1.87. The molecule has 100 valence electrons. The van der Waals surface area contributed by atoms with Crippen molar-refractivity contribution in [2.24, 2.45) is 0 Å². The van der Waals surface area contributed by atoms with Gasteiger partial charge >= 0.3 is 0 Å². The largest absolute Gasteiger partial charge is 0.244 e. The van der Waals surface area contributed by atoms with Crippen molar-refractivity contribution in [3.05, 3.63) is 10.4 Å². The van der Waals surface area contributed by atoms with Crippen LogP contribution in [0.3, 0.4) is 0 Å². The Hall–Kier alpha value is -0.990. The Morgan fingerprint density at radius 1 is 1.11 bits per heavy atom. The topological polar surface area (TPSA) is 82.3 Å². The number of hydrogen-bond acceptors (Lipinski definition) is 7. The molecule has 0 atom stereocenters. The molecule has 0 N–H and O–H groups in total. The van der Waals surface area contributed by atoms with Gasteiger partial charge in [0.05, 0.1) is 6.04 Å². The fourth-order valence-corrected chi connectivity index (χ4v) is 3.22. The molecule has 0 aliphatic heterocycles. The van der Waals surface area contributed by atoms with Crippen LogP contribution in [0.5, 0.6) is 0 Å². The summed E-state index contributed by atoms with van der Waals surface area (Å²) in [5, 5.41) is 20.4. The summed E-state index contributed by atoms with van der Waals surface area (Å²) in [6, 6.07) is 0.349. The van der Waals surface area contributed by atoms with Crippen LogP contribution >= 0.6 is 35.0 Å². The standard InChI is InChI=1S/C9H9Cl2N7S/c10-6-7(12-8(11)14-13-6)19-9-15-16-17-18(9)5-3-1-2-4-5/h5H,1-4H2. The first-order valence-corrected chi connectivity index (χ1v) is 7.32. The molecule has 0 radical (unpaired) electrons. The van der Waals surface area contributed by atoms with Gasteiger partial charge in [-0.05, 0) is 46.6 Å². The summed E-state index contributed by atoms with van der Waals surface area (Å²) >= 11 is 12.9. The second-order valence-electron chi connectivity index (χ2n) is 4.12. The molecule has 1 fully saturated rings. The monoisotopic (exact) mass is 317 g/mol. The highest BCUT2D eigenvalue weighted by molar-refractivity contribution is 7.99. The van der Waals surface area contributed by atoms with Crippen LogP contribution in [0.2, 0.25) is 10.4 Å². The third-order valence-electron chi connectivity index (χ3n) is 2.91. The normalized spacial score (nSPS) is 16.1. The number of hydrogen-bond donors (Lipinski definition) is 0. The van der Waals surface area contributed by atoms with Crippen molar-refractivity contribution in [1.29, 1.82) is 0 Å². The average molecular weight is 318 g/mol. The van der Waals surface area contributed by atoms with E-state index in [1.54, 1.807) is 0 Å². The SMILES string of the molecule is Clc1nnc(Cl)c(Sc2nnnn2C2CCCC2)n1. The lowest BCUT2D eigenvalue weighted by molar-refractivity contribution is 0.423. The molecule has 2 aromatic rings. The molecular formula is C9H9Cl2N7S. The zero-order valence-corrected chi connectivity index (χ0v) is 12.0. The summed E-state index contributed by atoms with van der Waals surface area (Å²) < 4.78 is 1.82. The van der Waals surface area contributed by atoms with E-state index in [-0.39, 0.29) is 10.4 Å². The van der Waals surface area contributed by atoms with Crippen molar-refractivity contribution in [2.45, 2.75) is 41.9 Å². The van der Waals surface area contributed by atoms with Crippen LogP contribution in [-0.2, 0) is 0 Å². The maximum atomic E-state index is 5.93. The Morgan fingerprint density at radius 3 is 2.68 bits per heavy atom. The van der Waals surface area contributed by atoms with Gasteiger partial charge in [0.25, 0.3) is 0 Å². The van der Waals surface area contributed by atoms with Gasteiger partial charge in [0.2, 0.25) is 10.4 Å². The summed E-state index contributed by atoms with van der Waals surface area (Å²) in [6.07, 6.45) is 4.59. The summed E-state index contributed by atoms with van der Waals surface area (Å²) in [7, 11) is 0. The molecule has 0 unspecified atom stereocenters. The predicted molar refractivity (Wildman–Crippen MR) is 69.3 cm³/mol. The lowest BCUT2D eigenvalue weighted by Gasteiger charge is -2.10. The first kappa shape index (κ1) is 13.0. The van der Waals surface area contributed by atoms with Crippen LogP contribution < -0.4 is 0 Å². The van der Waals surface area contributed by atoms with Crippen LogP contribution in [0.25, 0.3) is 0 Å². The summed E-state index contributed by atoms with van der Waals surface area (Å²) in [5.74, 6) is 0. The maximum absolute atomic E-state index is 5.93. The molecule has 0 aromatic carbocycles. The molecule has 0 bridgehead atoms. The first-order valence-electron chi connectivity index (χ1n) is 5.75. The van der Waals surface area contributed by atoms with Gasteiger partial charge < -0.3 is 0 Å². The minimum absolute atomic E-state index is 0.0480. The van der Waals surface area contributed by atoms with E-state index >= 15 is 0 Å². The van der Waals surface area contributed by atoms with Crippen LogP contribution in [0.1, 0.15) is 31.7 Å². The second-order valence-corrected chi connectivity index (χ2v) is 5.78. The molecule has 19 heavy (non-hydrogen) atoms. The zero-order chi connectivity index (χ0) is 13.2. The van der Waals surface area contributed by atoms with E-state index < -0.39 is 0 Å². The zero-order valence-electron chi connectivity index (χ0n) is 9.70. The quantitative estimate of drug-likeness (QED) is 0.859. The van der Waals surface area contributed by atoms with Crippen molar-refractivity contribution >= 4 is 35.0 Å². The molecule has 10 heteroatoms. The third-order valence-corrected chi connectivity index (χ3v) is 4.37. The molecule has 1 saturated carbocycles. The Labute approximate surface area is 123 Å². The Morgan fingerprint density at radius 2 is 1.89 bits per heavy atom. The van der Waals surface area contributed by atoms with E-state index in [0.717, 1.165) is 12.8 Å². The van der Waals surface area contributed by atoms with Crippen LogP contribution in [0, 0.1) is 0 Å². The highest BCUT2D eigenvalue weighted by atomic mass is 35.5. The average Bonchev–Trinajstić information content (AvgIpc) is 3.03. The fraction of sp³-hybridized carbons (Fsp3) is 0.556. The molecule has 0 amide bonds. The van der Waals surface area contributed by atoms with Gasteiger partial charge in [-0.25, -0.2) is 9.67 Å². The molecule has 7 nitrogen and oxygen atoms in total. The van der Waals surface area contributed by atoms with Crippen LogP contribution in [0.15, 0.2) is 10.2 Å². The smallest absolute Gasteiger partial charge is 0.217 e. The van der Waals surface area contributed by atoms with E-state index in [4.69, 9.17) is 23.2 Å². The van der Waals surface area contributed by atoms with E-state index in [9.17, 15) is 0 Å². The van der Waals surface area contributed by atoms with E-state index in [1.165, 1.54) is 24.6 Å².